The molecule has 0 aliphatic carbocycles. The Bertz CT molecular complexity index is 406. The molecule has 0 aromatic carbocycles. The Kier molecular flexibility index (Phi) is 3.71. The van der Waals surface area contributed by atoms with E-state index in [9.17, 15) is 0 Å². The molecular formula is C13H23N5. The lowest BCUT2D eigenvalue weighted by molar-refractivity contribution is 0.356. The Balaban J connectivity index is 2.12. The Hall–Kier alpha value is -1.36. The van der Waals surface area contributed by atoms with Crippen molar-refractivity contribution < 1.29 is 0 Å². The maximum atomic E-state index is 4.60. The summed E-state index contributed by atoms with van der Waals surface area (Å²) in [7, 11) is 5.95. The van der Waals surface area contributed by atoms with Gasteiger partial charge in [-0.1, -0.05) is 6.92 Å². The minimum absolute atomic E-state index is 0.345. The molecule has 1 aliphatic heterocycles. The fourth-order valence-electron chi connectivity index (χ4n) is 2.52. The average Bonchev–Trinajstić information content (AvgIpc) is 2.72. The molecule has 1 aromatic rings. The number of nitrogens with zero attached hydrogens (tertiary/aromatic N) is 4. The molecule has 2 heterocycles. The van der Waals surface area contributed by atoms with E-state index in [-0.39, 0.29) is 0 Å². The smallest absolute Gasteiger partial charge is 0.226 e. The lowest BCUT2D eigenvalue weighted by Crippen LogP contribution is -2.33. The van der Waals surface area contributed by atoms with Crippen LogP contribution in [0.25, 0.3) is 0 Å². The van der Waals surface area contributed by atoms with Crippen LogP contribution in [0.3, 0.4) is 0 Å². The second-order valence-electron chi connectivity index (χ2n) is 5.62. The summed E-state index contributed by atoms with van der Waals surface area (Å²) in [6.07, 6.45) is 3.04. The molecule has 1 fully saturated rings. The summed E-state index contributed by atoms with van der Waals surface area (Å²) in [4.78, 5) is 13.1. The van der Waals surface area contributed by atoms with Crippen molar-refractivity contribution in [1.29, 1.82) is 0 Å². The van der Waals surface area contributed by atoms with Gasteiger partial charge in [-0.05, 0) is 24.9 Å². The first-order valence-corrected chi connectivity index (χ1v) is 6.44. The normalized spacial score (nSPS) is 23.4. The van der Waals surface area contributed by atoms with Crippen molar-refractivity contribution in [1.82, 2.24) is 15.3 Å². The third kappa shape index (κ3) is 2.72. The van der Waals surface area contributed by atoms with Gasteiger partial charge in [-0.25, -0.2) is 4.98 Å². The lowest BCUT2D eigenvalue weighted by atomic mass is 9.90. The fourth-order valence-corrected chi connectivity index (χ4v) is 2.52. The van der Waals surface area contributed by atoms with E-state index in [2.05, 4.69) is 27.1 Å². The summed E-state index contributed by atoms with van der Waals surface area (Å²) < 4.78 is 0. The summed E-state index contributed by atoms with van der Waals surface area (Å²) in [5, 5.41) is 3.28. The average molecular weight is 249 g/mol. The number of rotatable bonds is 4. The van der Waals surface area contributed by atoms with Crippen LogP contribution in [0.15, 0.2) is 12.3 Å². The third-order valence-corrected chi connectivity index (χ3v) is 3.51. The summed E-state index contributed by atoms with van der Waals surface area (Å²) >= 11 is 0. The number of hydrogen-bond acceptors (Lipinski definition) is 5. The molecule has 0 saturated carbocycles. The summed E-state index contributed by atoms with van der Waals surface area (Å²) in [6, 6.07) is 2.00. The minimum atomic E-state index is 0.345. The van der Waals surface area contributed by atoms with E-state index >= 15 is 0 Å². The number of nitrogens with one attached hydrogen (secondary N) is 1. The minimum Gasteiger partial charge on any atom is -0.356 e. The second kappa shape index (κ2) is 5.10. The van der Waals surface area contributed by atoms with Crippen molar-refractivity contribution in [2.45, 2.75) is 13.3 Å². The van der Waals surface area contributed by atoms with Crippen molar-refractivity contribution in [2.75, 3.05) is 50.6 Å². The van der Waals surface area contributed by atoms with Crippen LogP contribution in [0.5, 0.6) is 0 Å². The SMILES string of the molecule is CNCC1(C)CCN(c2ccnc(N(C)C)n2)C1. The molecule has 5 nitrogen and oxygen atoms in total. The molecule has 18 heavy (non-hydrogen) atoms. The van der Waals surface area contributed by atoms with Gasteiger partial charge in [0.25, 0.3) is 0 Å². The van der Waals surface area contributed by atoms with E-state index in [1.807, 2.05) is 38.3 Å². The lowest BCUT2D eigenvalue weighted by Gasteiger charge is -2.25. The van der Waals surface area contributed by atoms with Gasteiger partial charge in [-0.3, -0.25) is 0 Å². The van der Waals surface area contributed by atoms with Gasteiger partial charge in [-0.15, -0.1) is 0 Å². The van der Waals surface area contributed by atoms with Gasteiger partial charge in [0.05, 0.1) is 0 Å². The van der Waals surface area contributed by atoms with Crippen LogP contribution in [-0.4, -0.2) is 50.7 Å². The summed E-state index contributed by atoms with van der Waals surface area (Å²) in [6.45, 7) is 5.51. The zero-order valence-electron chi connectivity index (χ0n) is 11.8. The van der Waals surface area contributed by atoms with Gasteiger partial charge in [0.1, 0.15) is 5.82 Å². The van der Waals surface area contributed by atoms with Crippen molar-refractivity contribution in [3.63, 3.8) is 0 Å². The van der Waals surface area contributed by atoms with E-state index in [1.165, 1.54) is 6.42 Å². The molecule has 0 bridgehead atoms. The molecule has 0 spiro atoms. The highest BCUT2D eigenvalue weighted by atomic mass is 15.3. The second-order valence-corrected chi connectivity index (χ2v) is 5.62. The van der Waals surface area contributed by atoms with Crippen LogP contribution in [0, 0.1) is 5.41 Å². The predicted molar refractivity (Wildman–Crippen MR) is 75.2 cm³/mol. The molecule has 2 rings (SSSR count). The number of anilines is 2. The first-order chi connectivity index (χ1) is 8.54. The van der Waals surface area contributed by atoms with Crippen LogP contribution < -0.4 is 15.1 Å². The van der Waals surface area contributed by atoms with Crippen molar-refractivity contribution in [3.05, 3.63) is 12.3 Å². The summed E-state index contributed by atoms with van der Waals surface area (Å²) in [5.74, 6) is 1.81. The Labute approximate surface area is 109 Å². The van der Waals surface area contributed by atoms with E-state index in [1.54, 1.807) is 0 Å². The van der Waals surface area contributed by atoms with Gasteiger partial charge < -0.3 is 15.1 Å². The largest absolute Gasteiger partial charge is 0.356 e. The molecule has 1 atom stereocenters. The van der Waals surface area contributed by atoms with E-state index in [4.69, 9.17) is 0 Å². The van der Waals surface area contributed by atoms with Gasteiger partial charge >= 0.3 is 0 Å². The van der Waals surface area contributed by atoms with E-state index in [0.29, 0.717) is 5.41 Å². The maximum Gasteiger partial charge on any atom is 0.226 e. The Morgan fingerprint density at radius 3 is 2.94 bits per heavy atom. The molecule has 1 saturated heterocycles. The predicted octanol–water partition coefficient (Wildman–Crippen LogP) is 0.978. The van der Waals surface area contributed by atoms with Crippen LogP contribution >= 0.6 is 0 Å². The van der Waals surface area contributed by atoms with E-state index < -0.39 is 0 Å². The molecule has 0 amide bonds. The molecule has 0 radical (unpaired) electrons. The third-order valence-electron chi connectivity index (χ3n) is 3.51. The van der Waals surface area contributed by atoms with Crippen molar-refractivity contribution >= 4 is 11.8 Å². The quantitative estimate of drug-likeness (QED) is 0.861. The van der Waals surface area contributed by atoms with Gasteiger partial charge in [0.2, 0.25) is 5.95 Å². The highest BCUT2D eigenvalue weighted by molar-refractivity contribution is 5.44. The number of aromatic nitrogens is 2. The van der Waals surface area contributed by atoms with Crippen molar-refractivity contribution in [2.24, 2.45) is 5.41 Å². The summed E-state index contributed by atoms with van der Waals surface area (Å²) in [5.41, 5.74) is 0.345. The highest BCUT2D eigenvalue weighted by Gasteiger charge is 2.33. The van der Waals surface area contributed by atoms with Gasteiger partial charge in [0, 0.05) is 39.9 Å². The monoisotopic (exact) mass is 249 g/mol. The van der Waals surface area contributed by atoms with Crippen LogP contribution in [0.1, 0.15) is 13.3 Å². The van der Waals surface area contributed by atoms with Gasteiger partial charge in [0.15, 0.2) is 0 Å². The van der Waals surface area contributed by atoms with Gasteiger partial charge in [-0.2, -0.15) is 4.98 Å². The zero-order valence-corrected chi connectivity index (χ0v) is 11.8. The fraction of sp³-hybridized carbons (Fsp3) is 0.692. The highest BCUT2D eigenvalue weighted by Crippen LogP contribution is 2.31. The van der Waals surface area contributed by atoms with Crippen molar-refractivity contribution in [3.8, 4) is 0 Å². The molecular weight excluding hydrogens is 226 g/mol. The standard InChI is InChI=1S/C13H23N5/c1-13(9-14-2)6-8-18(10-13)11-5-7-15-12(16-11)17(3)4/h5,7,14H,6,8-10H2,1-4H3. The molecule has 1 unspecified atom stereocenters. The van der Waals surface area contributed by atoms with Crippen LogP contribution in [0.4, 0.5) is 11.8 Å². The molecule has 100 valence electrons. The molecule has 1 N–H and O–H groups in total. The molecule has 5 heteroatoms. The topological polar surface area (TPSA) is 44.3 Å². The maximum absolute atomic E-state index is 4.60. The van der Waals surface area contributed by atoms with Crippen LogP contribution in [-0.2, 0) is 0 Å². The van der Waals surface area contributed by atoms with Crippen LogP contribution in [0.2, 0.25) is 0 Å². The first kappa shape index (κ1) is 13.1. The molecule has 1 aromatic heterocycles. The Morgan fingerprint density at radius 2 is 2.28 bits per heavy atom. The first-order valence-electron chi connectivity index (χ1n) is 6.44. The molecule has 1 aliphatic rings. The zero-order chi connectivity index (χ0) is 13.2. The van der Waals surface area contributed by atoms with E-state index in [0.717, 1.165) is 31.4 Å². The Morgan fingerprint density at radius 1 is 1.50 bits per heavy atom. The number of hydrogen-bond donors (Lipinski definition) is 1.